The normalized spacial score (nSPS) is 36.6. The van der Waals surface area contributed by atoms with Crippen LogP contribution in [0, 0.1) is 5.92 Å². The summed E-state index contributed by atoms with van der Waals surface area (Å²) in [4.78, 5) is 5.19. The van der Waals surface area contributed by atoms with Gasteiger partial charge in [0.1, 0.15) is 0 Å². The molecular weight excluding hydrogens is 250 g/mol. The molecule has 20 heavy (non-hydrogen) atoms. The Hall–Kier alpha value is -0.160. The summed E-state index contributed by atoms with van der Waals surface area (Å²) in [5.74, 6) is 0.636. The number of likely N-dealkylation sites (N-methyl/N-ethyl adjacent to an activating group) is 2. The molecule has 1 heterocycles. The molecule has 3 unspecified atom stereocenters. The van der Waals surface area contributed by atoms with E-state index in [1.807, 2.05) is 7.05 Å². The fourth-order valence-electron chi connectivity index (χ4n) is 4.26. The molecule has 118 valence electrons. The van der Waals surface area contributed by atoms with Crippen molar-refractivity contribution in [2.45, 2.75) is 51.1 Å². The van der Waals surface area contributed by atoms with E-state index in [0.29, 0.717) is 12.0 Å². The first-order chi connectivity index (χ1) is 9.65. The van der Waals surface area contributed by atoms with Gasteiger partial charge >= 0.3 is 0 Å². The van der Waals surface area contributed by atoms with Crippen LogP contribution in [0.5, 0.6) is 0 Å². The van der Waals surface area contributed by atoms with Crippen LogP contribution in [0.3, 0.4) is 0 Å². The Morgan fingerprint density at radius 1 is 1.35 bits per heavy atom. The van der Waals surface area contributed by atoms with Crippen LogP contribution in [-0.4, -0.2) is 72.9 Å². The van der Waals surface area contributed by atoms with Gasteiger partial charge in [-0.2, -0.15) is 0 Å². The van der Waals surface area contributed by atoms with Crippen LogP contribution < -0.4 is 5.32 Å². The molecular formula is C16H33N3O. The van der Waals surface area contributed by atoms with E-state index in [1.165, 1.54) is 52.0 Å². The molecule has 4 nitrogen and oxygen atoms in total. The van der Waals surface area contributed by atoms with Gasteiger partial charge in [-0.1, -0.05) is 13.3 Å². The van der Waals surface area contributed by atoms with Gasteiger partial charge in [-0.3, -0.25) is 4.90 Å². The predicted molar refractivity (Wildman–Crippen MR) is 84.0 cm³/mol. The summed E-state index contributed by atoms with van der Waals surface area (Å²) in [6.45, 7) is 10.9. The second kappa shape index (κ2) is 7.21. The third kappa shape index (κ3) is 3.35. The highest BCUT2D eigenvalue weighted by Gasteiger charge is 2.40. The maximum Gasteiger partial charge on any atom is 0.0615 e. The number of piperazine rings is 1. The Morgan fingerprint density at radius 3 is 2.75 bits per heavy atom. The Morgan fingerprint density at radius 2 is 2.15 bits per heavy atom. The van der Waals surface area contributed by atoms with Crippen molar-refractivity contribution < 1.29 is 5.11 Å². The number of aliphatic hydroxyl groups excluding tert-OH is 1. The standard InChI is InChI=1S/C16H33N3O/c1-4-19-11-10-18(12-14(19)2)9-7-15-6-5-8-16(15,13-20)17-3/h14-15,17,20H,4-13H2,1-3H3. The van der Waals surface area contributed by atoms with Gasteiger partial charge in [0, 0.05) is 31.2 Å². The van der Waals surface area contributed by atoms with Gasteiger partial charge in [0.2, 0.25) is 0 Å². The molecule has 2 aliphatic rings. The zero-order valence-electron chi connectivity index (χ0n) is 13.6. The van der Waals surface area contributed by atoms with Gasteiger partial charge in [0.15, 0.2) is 0 Å². The second-order valence-corrected chi connectivity index (χ2v) is 6.72. The zero-order chi connectivity index (χ0) is 14.6. The maximum atomic E-state index is 9.75. The molecule has 0 amide bonds. The van der Waals surface area contributed by atoms with Crippen molar-refractivity contribution in [2.75, 3.05) is 46.4 Å². The average molecular weight is 283 g/mol. The molecule has 2 rings (SSSR count). The van der Waals surface area contributed by atoms with E-state index in [1.54, 1.807) is 0 Å². The molecule has 0 aromatic heterocycles. The molecule has 0 aromatic rings. The molecule has 0 aromatic carbocycles. The zero-order valence-corrected chi connectivity index (χ0v) is 13.6. The smallest absolute Gasteiger partial charge is 0.0615 e. The minimum atomic E-state index is -0.00312. The van der Waals surface area contributed by atoms with Crippen LogP contribution in [0.1, 0.15) is 39.5 Å². The van der Waals surface area contributed by atoms with Crippen LogP contribution >= 0.6 is 0 Å². The first-order valence-electron chi connectivity index (χ1n) is 8.41. The summed E-state index contributed by atoms with van der Waals surface area (Å²) in [5, 5.41) is 13.2. The molecule has 0 spiro atoms. The molecule has 1 saturated heterocycles. The summed E-state index contributed by atoms with van der Waals surface area (Å²) in [6.07, 6.45) is 4.88. The lowest BCUT2D eigenvalue weighted by molar-refractivity contribution is 0.0731. The van der Waals surface area contributed by atoms with E-state index in [2.05, 4.69) is 29.0 Å². The predicted octanol–water partition coefficient (Wildman–Crippen LogP) is 1.15. The number of aliphatic hydroxyl groups is 1. The number of hydrogen-bond acceptors (Lipinski definition) is 4. The molecule has 2 N–H and O–H groups in total. The van der Waals surface area contributed by atoms with Crippen molar-refractivity contribution in [1.82, 2.24) is 15.1 Å². The van der Waals surface area contributed by atoms with Crippen molar-refractivity contribution in [1.29, 1.82) is 0 Å². The fraction of sp³-hybridized carbons (Fsp3) is 1.00. The van der Waals surface area contributed by atoms with Gasteiger partial charge in [-0.15, -0.1) is 0 Å². The molecule has 1 aliphatic carbocycles. The van der Waals surface area contributed by atoms with Crippen LogP contribution in [-0.2, 0) is 0 Å². The quantitative estimate of drug-likeness (QED) is 0.767. The highest BCUT2D eigenvalue weighted by molar-refractivity contribution is 4.98. The summed E-state index contributed by atoms with van der Waals surface area (Å²) in [6, 6.07) is 0.684. The third-order valence-electron chi connectivity index (χ3n) is 5.79. The average Bonchev–Trinajstić information content (AvgIpc) is 2.88. The van der Waals surface area contributed by atoms with E-state index in [4.69, 9.17) is 0 Å². The first kappa shape index (κ1) is 16.2. The Labute approximate surface area is 124 Å². The number of nitrogens with zero attached hydrogens (tertiary/aromatic N) is 2. The monoisotopic (exact) mass is 283 g/mol. The molecule has 1 saturated carbocycles. The van der Waals surface area contributed by atoms with Crippen molar-refractivity contribution in [3.8, 4) is 0 Å². The van der Waals surface area contributed by atoms with E-state index in [0.717, 1.165) is 6.42 Å². The van der Waals surface area contributed by atoms with Crippen molar-refractivity contribution in [3.63, 3.8) is 0 Å². The molecule has 0 radical (unpaired) electrons. The lowest BCUT2D eigenvalue weighted by Crippen LogP contribution is -2.53. The summed E-state index contributed by atoms with van der Waals surface area (Å²) >= 11 is 0. The SMILES string of the molecule is CCN1CCN(CCC2CCCC2(CO)NC)CC1C. The highest BCUT2D eigenvalue weighted by atomic mass is 16.3. The van der Waals surface area contributed by atoms with E-state index in [-0.39, 0.29) is 12.1 Å². The van der Waals surface area contributed by atoms with Gasteiger partial charge in [0.25, 0.3) is 0 Å². The number of rotatable bonds is 6. The third-order valence-corrected chi connectivity index (χ3v) is 5.79. The van der Waals surface area contributed by atoms with Crippen LogP contribution in [0.25, 0.3) is 0 Å². The topological polar surface area (TPSA) is 38.7 Å². The van der Waals surface area contributed by atoms with E-state index < -0.39 is 0 Å². The Bertz CT molecular complexity index is 293. The van der Waals surface area contributed by atoms with Crippen molar-refractivity contribution in [3.05, 3.63) is 0 Å². The van der Waals surface area contributed by atoms with Crippen molar-refractivity contribution in [2.24, 2.45) is 5.92 Å². The molecule has 4 heteroatoms. The molecule has 1 aliphatic heterocycles. The first-order valence-corrected chi connectivity index (χ1v) is 8.41. The lowest BCUT2D eigenvalue weighted by atomic mass is 9.85. The fourth-order valence-corrected chi connectivity index (χ4v) is 4.26. The minimum absolute atomic E-state index is 0.00312. The summed E-state index contributed by atoms with van der Waals surface area (Å²) in [5.41, 5.74) is -0.00312. The van der Waals surface area contributed by atoms with E-state index >= 15 is 0 Å². The van der Waals surface area contributed by atoms with Crippen molar-refractivity contribution >= 4 is 0 Å². The number of hydrogen-bond donors (Lipinski definition) is 2. The Kier molecular flexibility index (Phi) is 5.84. The lowest BCUT2D eigenvalue weighted by Gasteiger charge is -2.41. The Balaban J connectivity index is 1.81. The highest BCUT2D eigenvalue weighted by Crippen LogP contribution is 2.37. The van der Waals surface area contributed by atoms with Gasteiger partial charge < -0.3 is 15.3 Å². The minimum Gasteiger partial charge on any atom is -0.394 e. The number of nitrogens with one attached hydrogen (secondary N) is 1. The maximum absolute atomic E-state index is 9.75. The van der Waals surface area contributed by atoms with Crippen LogP contribution in [0.15, 0.2) is 0 Å². The van der Waals surface area contributed by atoms with Gasteiger partial charge in [-0.05, 0) is 52.2 Å². The van der Waals surface area contributed by atoms with Crippen LogP contribution in [0.2, 0.25) is 0 Å². The summed E-state index contributed by atoms with van der Waals surface area (Å²) < 4.78 is 0. The van der Waals surface area contributed by atoms with Gasteiger partial charge in [0.05, 0.1) is 6.61 Å². The second-order valence-electron chi connectivity index (χ2n) is 6.72. The van der Waals surface area contributed by atoms with Crippen LogP contribution in [0.4, 0.5) is 0 Å². The summed E-state index contributed by atoms with van der Waals surface area (Å²) in [7, 11) is 2.01. The molecule has 2 fully saturated rings. The molecule has 0 bridgehead atoms. The van der Waals surface area contributed by atoms with E-state index in [9.17, 15) is 5.11 Å². The van der Waals surface area contributed by atoms with Gasteiger partial charge in [-0.25, -0.2) is 0 Å². The molecule has 3 atom stereocenters. The largest absolute Gasteiger partial charge is 0.394 e.